The van der Waals surface area contributed by atoms with Crippen molar-refractivity contribution in [2.45, 2.75) is 11.6 Å². The maximum absolute atomic E-state index is 5.19. The lowest BCUT2D eigenvalue weighted by Crippen LogP contribution is -1.96. The molecule has 0 aliphatic heterocycles. The van der Waals surface area contributed by atoms with Crippen molar-refractivity contribution in [3.8, 4) is 17.1 Å². The third kappa shape index (κ3) is 3.74. The van der Waals surface area contributed by atoms with Gasteiger partial charge in [0.1, 0.15) is 5.75 Å². The monoisotopic (exact) mass is 325 g/mol. The van der Waals surface area contributed by atoms with Crippen molar-refractivity contribution in [1.82, 2.24) is 14.8 Å². The summed E-state index contributed by atoms with van der Waals surface area (Å²) in [6.07, 6.45) is 1.02. The Morgan fingerprint density at radius 1 is 1.00 bits per heavy atom. The molecule has 0 aliphatic carbocycles. The number of hydrogen-bond acceptors (Lipinski definition) is 4. The third-order valence-corrected chi connectivity index (χ3v) is 4.67. The molecular formula is C18H19N3OS. The molecule has 3 aromatic rings. The van der Waals surface area contributed by atoms with Crippen molar-refractivity contribution < 1.29 is 4.74 Å². The number of nitrogens with zero attached hydrogens (tertiary/aromatic N) is 3. The first-order chi connectivity index (χ1) is 11.3. The molecule has 0 spiro atoms. The van der Waals surface area contributed by atoms with Gasteiger partial charge in [-0.1, -0.05) is 42.1 Å². The molecule has 0 fully saturated rings. The summed E-state index contributed by atoms with van der Waals surface area (Å²) in [6, 6.07) is 18.4. The molecule has 1 aromatic heterocycles. The van der Waals surface area contributed by atoms with Gasteiger partial charge < -0.3 is 9.30 Å². The van der Waals surface area contributed by atoms with Crippen LogP contribution in [0.15, 0.2) is 59.8 Å². The number of hydrogen-bond donors (Lipinski definition) is 0. The first kappa shape index (κ1) is 15.6. The Morgan fingerprint density at radius 2 is 1.74 bits per heavy atom. The summed E-state index contributed by atoms with van der Waals surface area (Å²) in [4.78, 5) is 0. The summed E-state index contributed by atoms with van der Waals surface area (Å²) < 4.78 is 7.23. The van der Waals surface area contributed by atoms with Gasteiger partial charge in [-0.2, -0.15) is 0 Å². The van der Waals surface area contributed by atoms with E-state index >= 15 is 0 Å². The van der Waals surface area contributed by atoms with Crippen molar-refractivity contribution in [2.75, 3.05) is 12.9 Å². The zero-order valence-electron chi connectivity index (χ0n) is 13.3. The van der Waals surface area contributed by atoms with Crippen molar-refractivity contribution >= 4 is 11.8 Å². The minimum absolute atomic E-state index is 0.841. The quantitative estimate of drug-likeness (QED) is 0.646. The summed E-state index contributed by atoms with van der Waals surface area (Å²) in [5.41, 5.74) is 2.38. The molecule has 0 saturated heterocycles. The predicted octanol–water partition coefficient (Wildman–Crippen LogP) is 3.83. The Morgan fingerprint density at radius 3 is 2.43 bits per heavy atom. The van der Waals surface area contributed by atoms with Crippen LogP contribution in [0.3, 0.4) is 0 Å². The number of aromatic nitrogens is 3. The van der Waals surface area contributed by atoms with Gasteiger partial charge >= 0.3 is 0 Å². The van der Waals surface area contributed by atoms with Gasteiger partial charge in [-0.15, -0.1) is 10.2 Å². The second-order valence-electron chi connectivity index (χ2n) is 5.18. The largest absolute Gasteiger partial charge is 0.497 e. The smallest absolute Gasteiger partial charge is 0.191 e. The lowest BCUT2D eigenvalue weighted by Gasteiger charge is -2.05. The van der Waals surface area contributed by atoms with Gasteiger partial charge in [0, 0.05) is 18.4 Å². The molecule has 0 unspecified atom stereocenters. The fourth-order valence-electron chi connectivity index (χ4n) is 2.34. The molecule has 0 amide bonds. The van der Waals surface area contributed by atoms with Crippen molar-refractivity contribution in [3.63, 3.8) is 0 Å². The number of methoxy groups -OCH3 is 1. The molecule has 23 heavy (non-hydrogen) atoms. The fraction of sp³-hybridized carbons (Fsp3) is 0.222. The molecule has 0 N–H and O–H groups in total. The lowest BCUT2D eigenvalue weighted by molar-refractivity contribution is 0.415. The topological polar surface area (TPSA) is 39.9 Å². The second-order valence-corrected chi connectivity index (χ2v) is 6.24. The Bertz CT molecular complexity index is 754. The molecule has 0 radical (unpaired) electrons. The molecule has 0 saturated carbocycles. The van der Waals surface area contributed by atoms with E-state index in [9.17, 15) is 0 Å². The molecule has 1 heterocycles. The van der Waals surface area contributed by atoms with Crippen LogP contribution in [-0.4, -0.2) is 27.6 Å². The van der Waals surface area contributed by atoms with Gasteiger partial charge in [0.05, 0.1) is 7.11 Å². The van der Waals surface area contributed by atoms with Crippen molar-refractivity contribution in [2.24, 2.45) is 7.05 Å². The first-order valence-electron chi connectivity index (χ1n) is 7.48. The molecule has 2 aromatic carbocycles. The van der Waals surface area contributed by atoms with E-state index in [0.29, 0.717) is 0 Å². The maximum atomic E-state index is 5.19. The van der Waals surface area contributed by atoms with Crippen molar-refractivity contribution in [1.29, 1.82) is 0 Å². The first-order valence-corrected chi connectivity index (χ1v) is 8.47. The molecule has 4 nitrogen and oxygen atoms in total. The highest BCUT2D eigenvalue weighted by Gasteiger charge is 2.11. The van der Waals surface area contributed by atoms with E-state index in [0.717, 1.165) is 34.5 Å². The van der Waals surface area contributed by atoms with Crippen LogP contribution in [0.5, 0.6) is 5.75 Å². The number of benzene rings is 2. The van der Waals surface area contributed by atoms with E-state index in [1.807, 2.05) is 41.9 Å². The van der Waals surface area contributed by atoms with Crippen LogP contribution in [0.2, 0.25) is 0 Å². The number of ether oxygens (including phenoxy) is 1. The summed E-state index contributed by atoms with van der Waals surface area (Å²) in [5.74, 6) is 2.70. The number of aryl methyl sites for hydroxylation is 1. The van der Waals surface area contributed by atoms with Crippen LogP contribution in [-0.2, 0) is 13.5 Å². The Balaban J connectivity index is 1.66. The normalized spacial score (nSPS) is 10.7. The summed E-state index contributed by atoms with van der Waals surface area (Å²) in [6.45, 7) is 0. The minimum atomic E-state index is 0.841. The molecule has 0 atom stereocenters. The average molecular weight is 325 g/mol. The van der Waals surface area contributed by atoms with Crippen LogP contribution in [0.25, 0.3) is 11.4 Å². The number of rotatable bonds is 6. The van der Waals surface area contributed by atoms with Gasteiger partial charge in [-0.05, 0) is 36.2 Å². The van der Waals surface area contributed by atoms with Gasteiger partial charge in [-0.25, -0.2) is 0 Å². The van der Waals surface area contributed by atoms with E-state index in [1.54, 1.807) is 18.9 Å². The Labute approximate surface area is 140 Å². The highest BCUT2D eigenvalue weighted by Crippen LogP contribution is 2.24. The molecule has 3 rings (SSSR count). The van der Waals surface area contributed by atoms with Crippen LogP contribution in [0.1, 0.15) is 5.56 Å². The van der Waals surface area contributed by atoms with E-state index in [4.69, 9.17) is 4.74 Å². The summed E-state index contributed by atoms with van der Waals surface area (Å²) in [5, 5.41) is 9.57. The second kappa shape index (κ2) is 7.33. The van der Waals surface area contributed by atoms with E-state index in [-0.39, 0.29) is 0 Å². The summed E-state index contributed by atoms with van der Waals surface area (Å²) >= 11 is 1.73. The molecule has 0 aliphatic rings. The van der Waals surface area contributed by atoms with Gasteiger partial charge in [0.25, 0.3) is 0 Å². The Kier molecular flexibility index (Phi) is 4.98. The van der Waals surface area contributed by atoms with E-state index in [2.05, 4.69) is 34.5 Å². The molecule has 0 bridgehead atoms. The van der Waals surface area contributed by atoms with Crippen LogP contribution in [0, 0.1) is 0 Å². The standard InChI is InChI=1S/C18H19N3OS/c1-21-17(15-8-10-16(22-2)11-9-15)19-20-18(21)23-13-12-14-6-4-3-5-7-14/h3-11H,12-13H2,1-2H3. The average Bonchev–Trinajstić information content (AvgIpc) is 2.97. The van der Waals surface area contributed by atoms with Crippen LogP contribution >= 0.6 is 11.8 Å². The van der Waals surface area contributed by atoms with Gasteiger partial charge in [0.2, 0.25) is 0 Å². The molecular weight excluding hydrogens is 306 g/mol. The zero-order chi connectivity index (χ0) is 16.1. The SMILES string of the molecule is COc1ccc(-c2nnc(SCCc3ccccc3)n2C)cc1. The lowest BCUT2D eigenvalue weighted by atomic mass is 10.2. The minimum Gasteiger partial charge on any atom is -0.497 e. The van der Waals surface area contributed by atoms with Crippen LogP contribution in [0.4, 0.5) is 0 Å². The van der Waals surface area contributed by atoms with Gasteiger partial charge in [0.15, 0.2) is 11.0 Å². The van der Waals surface area contributed by atoms with Crippen LogP contribution < -0.4 is 4.74 Å². The third-order valence-electron chi connectivity index (χ3n) is 3.65. The molecule has 5 heteroatoms. The van der Waals surface area contributed by atoms with E-state index < -0.39 is 0 Å². The Hall–Kier alpha value is -2.27. The highest BCUT2D eigenvalue weighted by molar-refractivity contribution is 7.99. The molecule has 118 valence electrons. The zero-order valence-corrected chi connectivity index (χ0v) is 14.1. The predicted molar refractivity (Wildman–Crippen MR) is 93.9 cm³/mol. The number of thioether (sulfide) groups is 1. The summed E-state index contributed by atoms with van der Waals surface area (Å²) in [7, 11) is 3.67. The maximum Gasteiger partial charge on any atom is 0.191 e. The van der Waals surface area contributed by atoms with Crippen molar-refractivity contribution in [3.05, 3.63) is 60.2 Å². The van der Waals surface area contributed by atoms with Gasteiger partial charge in [-0.3, -0.25) is 0 Å². The fourth-order valence-corrected chi connectivity index (χ4v) is 3.24. The highest BCUT2D eigenvalue weighted by atomic mass is 32.2. The van der Waals surface area contributed by atoms with E-state index in [1.165, 1.54) is 5.56 Å².